The summed E-state index contributed by atoms with van der Waals surface area (Å²) in [6.07, 6.45) is 14.1. The van der Waals surface area contributed by atoms with Crippen LogP contribution in [0, 0.1) is 0 Å². The quantitative estimate of drug-likeness (QED) is 0.0236. The molecule has 7 N–H and O–H groups in total. The topological polar surface area (TPSA) is 231 Å². The summed E-state index contributed by atoms with van der Waals surface area (Å²) in [6.45, 7) is 2.53. The first-order chi connectivity index (χ1) is 29.5. The largest absolute Gasteiger partial charge is 0.462 e. The Balaban J connectivity index is 1.85. The third-order valence-electron chi connectivity index (χ3n) is 11.5. The minimum absolute atomic E-state index is 0.0859. The minimum atomic E-state index is -1.76. The summed E-state index contributed by atoms with van der Waals surface area (Å²) in [7, 11) is 0. The molecule has 61 heavy (non-hydrogen) atoms. The highest BCUT2D eigenvalue weighted by atomic mass is 16.7. The second kappa shape index (κ2) is 34.6. The van der Waals surface area contributed by atoms with Crippen LogP contribution in [0.15, 0.2) is 12.2 Å². The van der Waals surface area contributed by atoms with Crippen LogP contribution in [0.3, 0.4) is 0 Å². The summed E-state index contributed by atoms with van der Waals surface area (Å²) >= 11 is 0. The number of aliphatic hydroxyl groups is 7. The van der Waals surface area contributed by atoms with Crippen molar-refractivity contribution in [1.29, 1.82) is 0 Å². The van der Waals surface area contributed by atoms with E-state index in [1.54, 1.807) is 0 Å². The van der Waals surface area contributed by atoms with Crippen molar-refractivity contribution < 1.29 is 73.8 Å². The highest BCUT2D eigenvalue weighted by molar-refractivity contribution is 5.70. The zero-order valence-corrected chi connectivity index (χ0v) is 37.4. The van der Waals surface area contributed by atoms with E-state index in [-0.39, 0.29) is 19.4 Å². The number of carbonyl (C=O) groups is 2. The van der Waals surface area contributed by atoms with Crippen LogP contribution in [0.4, 0.5) is 0 Å². The molecule has 2 rings (SSSR count). The fraction of sp³-hybridized carbons (Fsp3) is 0.913. The highest BCUT2D eigenvalue weighted by Gasteiger charge is 2.47. The summed E-state index contributed by atoms with van der Waals surface area (Å²) in [5, 5.41) is 71.8. The van der Waals surface area contributed by atoms with Crippen LogP contribution in [0.2, 0.25) is 0 Å². The average Bonchev–Trinajstić information content (AvgIpc) is 3.25. The number of rotatable bonds is 36. The van der Waals surface area contributed by atoms with Gasteiger partial charge in [0.1, 0.15) is 55.4 Å². The van der Waals surface area contributed by atoms with Crippen molar-refractivity contribution in [2.45, 2.75) is 242 Å². The van der Waals surface area contributed by atoms with Gasteiger partial charge in [0.2, 0.25) is 0 Å². The van der Waals surface area contributed by atoms with Gasteiger partial charge in [-0.05, 0) is 25.7 Å². The van der Waals surface area contributed by atoms with Crippen LogP contribution >= 0.6 is 0 Å². The first-order valence-corrected chi connectivity index (χ1v) is 23.8. The standard InChI is InChI=1S/C46H84O15/c1-3-5-7-9-11-13-15-16-17-18-19-21-23-25-27-29-38(49)59-34(31-56-37(48)28-26-24-22-20-14-12-10-8-6-4-2)32-57-45-44(55)42(53)40(51)36(61-45)33-58-46-43(54)41(52)39(50)35(30-47)60-46/h23,25,34-36,39-47,50-55H,3-22,24,26-33H2,1-2H3/b25-23+/t34-,35-,36-,39+,40+,41?,42?,43?,44?,45-,46-/m1/s1. The molecule has 15 heteroatoms. The predicted octanol–water partition coefficient (Wildman–Crippen LogP) is 5.43. The lowest BCUT2D eigenvalue weighted by molar-refractivity contribution is -0.332. The van der Waals surface area contributed by atoms with Crippen LogP contribution < -0.4 is 0 Å². The molecule has 0 aliphatic carbocycles. The molecule has 2 saturated heterocycles. The molecule has 2 aliphatic rings. The highest BCUT2D eigenvalue weighted by Crippen LogP contribution is 2.26. The lowest BCUT2D eigenvalue weighted by atomic mass is 9.98. The lowest BCUT2D eigenvalue weighted by Crippen LogP contribution is -2.61. The third-order valence-corrected chi connectivity index (χ3v) is 11.5. The molecule has 2 aliphatic heterocycles. The Morgan fingerprint density at radius 1 is 0.508 bits per heavy atom. The second-order valence-electron chi connectivity index (χ2n) is 16.9. The number of ether oxygens (including phenoxy) is 6. The fourth-order valence-electron chi connectivity index (χ4n) is 7.53. The zero-order chi connectivity index (χ0) is 44.7. The van der Waals surface area contributed by atoms with E-state index in [0.717, 1.165) is 32.1 Å². The Kier molecular flexibility index (Phi) is 31.4. The lowest BCUT2D eigenvalue weighted by Gasteiger charge is -2.42. The van der Waals surface area contributed by atoms with Crippen LogP contribution in [0.25, 0.3) is 0 Å². The molecular weight excluding hydrogens is 792 g/mol. The number of unbranched alkanes of at least 4 members (excludes halogenated alkanes) is 20. The van der Waals surface area contributed by atoms with Crippen molar-refractivity contribution in [1.82, 2.24) is 0 Å². The smallest absolute Gasteiger partial charge is 0.306 e. The van der Waals surface area contributed by atoms with Gasteiger partial charge in [0.25, 0.3) is 0 Å². The van der Waals surface area contributed by atoms with Crippen LogP contribution in [0.5, 0.6) is 0 Å². The molecule has 2 fully saturated rings. The normalized spacial score (nSPS) is 27.4. The van der Waals surface area contributed by atoms with Gasteiger partial charge in [0.15, 0.2) is 18.7 Å². The molecule has 358 valence electrons. The maximum atomic E-state index is 12.9. The Labute approximate surface area is 365 Å². The van der Waals surface area contributed by atoms with Crippen molar-refractivity contribution in [2.75, 3.05) is 26.4 Å². The third kappa shape index (κ3) is 23.7. The molecule has 11 atom stereocenters. The fourth-order valence-corrected chi connectivity index (χ4v) is 7.53. The summed E-state index contributed by atoms with van der Waals surface area (Å²) in [6, 6.07) is 0. The minimum Gasteiger partial charge on any atom is -0.462 e. The van der Waals surface area contributed by atoms with Crippen molar-refractivity contribution in [2.24, 2.45) is 0 Å². The van der Waals surface area contributed by atoms with Gasteiger partial charge < -0.3 is 64.2 Å². The van der Waals surface area contributed by atoms with Gasteiger partial charge in [-0.15, -0.1) is 0 Å². The van der Waals surface area contributed by atoms with Gasteiger partial charge in [0, 0.05) is 12.8 Å². The first kappa shape index (κ1) is 55.4. The molecule has 0 spiro atoms. The van der Waals surface area contributed by atoms with E-state index >= 15 is 0 Å². The number of allylic oxidation sites excluding steroid dienone is 2. The molecule has 0 bridgehead atoms. The van der Waals surface area contributed by atoms with Gasteiger partial charge in [-0.25, -0.2) is 0 Å². The van der Waals surface area contributed by atoms with E-state index in [1.807, 2.05) is 6.08 Å². The Morgan fingerprint density at radius 2 is 0.967 bits per heavy atom. The SMILES string of the molecule is CCCCCCCCCCCCC/C=C/CCC(=O)O[C@H](COC(=O)CCCCCCCCCCCC)CO[C@@H]1O[C@H](CO[C@@H]2O[C@H](CO)[C@H](O)C(O)C2O)[C@H](O)C(O)C1O. The molecule has 2 heterocycles. The van der Waals surface area contributed by atoms with E-state index in [9.17, 15) is 45.3 Å². The molecule has 0 amide bonds. The average molecular weight is 877 g/mol. The van der Waals surface area contributed by atoms with Crippen molar-refractivity contribution in [3.05, 3.63) is 12.2 Å². The maximum absolute atomic E-state index is 12.9. The molecule has 0 aromatic rings. The van der Waals surface area contributed by atoms with Crippen molar-refractivity contribution in [3.8, 4) is 0 Å². The van der Waals surface area contributed by atoms with E-state index in [4.69, 9.17) is 28.4 Å². The molecule has 0 radical (unpaired) electrons. The summed E-state index contributed by atoms with van der Waals surface area (Å²) in [4.78, 5) is 25.6. The van der Waals surface area contributed by atoms with Gasteiger partial charge in [0.05, 0.1) is 19.8 Å². The van der Waals surface area contributed by atoms with Crippen LogP contribution in [0.1, 0.15) is 174 Å². The van der Waals surface area contributed by atoms with E-state index in [1.165, 1.54) is 103 Å². The number of hydrogen-bond acceptors (Lipinski definition) is 15. The number of aliphatic hydroxyl groups excluding tert-OH is 7. The molecule has 4 unspecified atom stereocenters. The van der Waals surface area contributed by atoms with E-state index in [2.05, 4.69) is 19.9 Å². The number of esters is 2. The van der Waals surface area contributed by atoms with E-state index < -0.39 is 99.3 Å². The Bertz CT molecular complexity index is 1120. The zero-order valence-electron chi connectivity index (χ0n) is 37.4. The molecule has 15 nitrogen and oxygen atoms in total. The van der Waals surface area contributed by atoms with Gasteiger partial charge in [-0.3, -0.25) is 9.59 Å². The van der Waals surface area contributed by atoms with Crippen molar-refractivity contribution in [3.63, 3.8) is 0 Å². The van der Waals surface area contributed by atoms with Gasteiger partial charge in [-0.1, -0.05) is 148 Å². The molecule has 0 aromatic carbocycles. The van der Waals surface area contributed by atoms with Crippen LogP contribution in [-0.2, 0) is 38.0 Å². The molecule has 0 saturated carbocycles. The molecular formula is C46H84O15. The number of hydrogen-bond donors (Lipinski definition) is 7. The Morgan fingerprint density at radius 3 is 1.51 bits per heavy atom. The van der Waals surface area contributed by atoms with E-state index in [0.29, 0.717) is 12.8 Å². The van der Waals surface area contributed by atoms with Crippen LogP contribution in [-0.4, -0.2) is 142 Å². The second-order valence-corrected chi connectivity index (χ2v) is 16.9. The van der Waals surface area contributed by atoms with Crippen molar-refractivity contribution >= 4 is 11.9 Å². The van der Waals surface area contributed by atoms with Gasteiger partial charge >= 0.3 is 11.9 Å². The Hall–Kier alpha value is -1.76. The predicted molar refractivity (Wildman–Crippen MR) is 229 cm³/mol. The summed E-state index contributed by atoms with van der Waals surface area (Å²) < 4.78 is 33.4. The summed E-state index contributed by atoms with van der Waals surface area (Å²) in [5.41, 5.74) is 0. The van der Waals surface area contributed by atoms with Gasteiger partial charge in [-0.2, -0.15) is 0 Å². The monoisotopic (exact) mass is 877 g/mol. The maximum Gasteiger partial charge on any atom is 0.306 e. The summed E-state index contributed by atoms with van der Waals surface area (Å²) in [5.74, 6) is -0.978. The number of carbonyl (C=O) groups excluding carboxylic acids is 2. The molecule has 0 aromatic heterocycles. The first-order valence-electron chi connectivity index (χ1n) is 23.8.